The molecule has 1 unspecified atom stereocenters. The molecule has 0 aromatic heterocycles. The van der Waals surface area contributed by atoms with Gasteiger partial charge in [0.05, 0.1) is 0 Å². The number of rotatable bonds is 4. The summed E-state index contributed by atoms with van der Waals surface area (Å²) in [6.45, 7) is 2.98. The molecule has 2 heterocycles. The predicted molar refractivity (Wildman–Crippen MR) is 114 cm³/mol. The monoisotopic (exact) mass is 462 g/mol. The molecule has 2 aliphatic rings. The number of urea groups is 1. The summed E-state index contributed by atoms with van der Waals surface area (Å²) < 4.78 is 26.9. The lowest BCUT2D eigenvalue weighted by molar-refractivity contribution is -0.139. The van der Waals surface area contributed by atoms with E-state index in [2.05, 4.69) is 10.2 Å². The number of carbonyl (C=O) groups excluding carboxylic acids is 3. The molecular formula is C22H21ClF2N4O3. The SMILES string of the molecule is CC1(c2ccc(F)c(F)c2)NC(=O)N(CC(=O)N2CCN(c3cccc(Cl)c3)CC2)C1=O. The molecule has 10 heteroatoms. The van der Waals surface area contributed by atoms with Crippen LogP contribution in [0.25, 0.3) is 0 Å². The Bertz CT molecular complexity index is 1090. The van der Waals surface area contributed by atoms with Crippen molar-refractivity contribution in [1.29, 1.82) is 0 Å². The zero-order chi connectivity index (χ0) is 23.0. The zero-order valence-electron chi connectivity index (χ0n) is 17.3. The molecule has 0 spiro atoms. The highest BCUT2D eigenvalue weighted by molar-refractivity contribution is 6.30. The summed E-state index contributed by atoms with van der Waals surface area (Å²) in [5.74, 6) is -3.25. The fourth-order valence-electron chi connectivity index (χ4n) is 3.97. The first-order valence-corrected chi connectivity index (χ1v) is 10.4. The van der Waals surface area contributed by atoms with Crippen molar-refractivity contribution in [1.82, 2.24) is 15.1 Å². The average molecular weight is 463 g/mol. The predicted octanol–water partition coefficient (Wildman–Crippen LogP) is 2.73. The summed E-state index contributed by atoms with van der Waals surface area (Å²) in [7, 11) is 0. The fraction of sp³-hybridized carbons (Fsp3) is 0.318. The highest BCUT2D eigenvalue weighted by atomic mass is 35.5. The standard InChI is InChI=1S/C22H21ClF2N4O3/c1-22(14-5-6-17(24)18(25)11-14)20(31)29(21(32)26-22)13-19(30)28-9-7-27(8-10-28)16-4-2-3-15(23)12-16/h2-6,11-12H,7-10,13H2,1H3,(H,26,32). The Morgan fingerprint density at radius 3 is 2.44 bits per heavy atom. The molecule has 0 bridgehead atoms. The molecule has 168 valence electrons. The lowest BCUT2D eigenvalue weighted by atomic mass is 9.92. The summed E-state index contributed by atoms with van der Waals surface area (Å²) in [5, 5.41) is 3.12. The van der Waals surface area contributed by atoms with Gasteiger partial charge in [-0.25, -0.2) is 13.6 Å². The first-order valence-electron chi connectivity index (χ1n) is 10.1. The van der Waals surface area contributed by atoms with E-state index >= 15 is 0 Å². The van der Waals surface area contributed by atoms with Gasteiger partial charge in [0.15, 0.2) is 11.6 Å². The van der Waals surface area contributed by atoms with Gasteiger partial charge in [0.1, 0.15) is 12.1 Å². The molecule has 2 aromatic rings. The second-order valence-corrected chi connectivity index (χ2v) is 8.36. The molecule has 4 amide bonds. The van der Waals surface area contributed by atoms with Crippen LogP contribution in [0.4, 0.5) is 19.3 Å². The second-order valence-electron chi connectivity index (χ2n) is 7.92. The maximum absolute atomic E-state index is 13.7. The minimum Gasteiger partial charge on any atom is -0.368 e. The average Bonchev–Trinajstić information content (AvgIpc) is 2.99. The van der Waals surface area contributed by atoms with E-state index in [9.17, 15) is 23.2 Å². The number of hydrogen-bond acceptors (Lipinski definition) is 4. The van der Waals surface area contributed by atoms with Crippen LogP contribution in [-0.2, 0) is 15.1 Å². The molecule has 1 atom stereocenters. The number of halogens is 3. The van der Waals surface area contributed by atoms with Crippen molar-refractivity contribution >= 4 is 35.1 Å². The van der Waals surface area contributed by atoms with Crippen LogP contribution < -0.4 is 10.2 Å². The molecular weight excluding hydrogens is 442 g/mol. The van der Waals surface area contributed by atoms with Crippen LogP contribution in [0.5, 0.6) is 0 Å². The summed E-state index contributed by atoms with van der Waals surface area (Å²) in [5.41, 5.74) is -0.530. The fourth-order valence-corrected chi connectivity index (χ4v) is 4.15. The Balaban J connectivity index is 1.41. The Labute approximate surface area is 188 Å². The van der Waals surface area contributed by atoms with E-state index in [-0.39, 0.29) is 11.5 Å². The maximum Gasteiger partial charge on any atom is 0.325 e. The van der Waals surface area contributed by atoms with Crippen molar-refractivity contribution in [2.75, 3.05) is 37.6 Å². The Morgan fingerprint density at radius 2 is 1.78 bits per heavy atom. The number of hydrogen-bond donors (Lipinski definition) is 1. The molecule has 0 radical (unpaired) electrons. The number of anilines is 1. The van der Waals surface area contributed by atoms with E-state index in [0.29, 0.717) is 31.2 Å². The third-order valence-electron chi connectivity index (χ3n) is 5.87. The molecule has 32 heavy (non-hydrogen) atoms. The number of amides is 4. The third-order valence-corrected chi connectivity index (χ3v) is 6.11. The molecule has 7 nitrogen and oxygen atoms in total. The number of nitrogens with zero attached hydrogens (tertiary/aromatic N) is 3. The van der Waals surface area contributed by atoms with Gasteiger partial charge in [-0.15, -0.1) is 0 Å². The molecule has 2 aliphatic heterocycles. The van der Waals surface area contributed by atoms with Crippen molar-refractivity contribution in [2.45, 2.75) is 12.5 Å². The summed E-state index contributed by atoms with van der Waals surface area (Å²) in [6.07, 6.45) is 0. The minimum absolute atomic E-state index is 0.0971. The van der Waals surface area contributed by atoms with Gasteiger partial charge in [0, 0.05) is 36.9 Å². The van der Waals surface area contributed by atoms with E-state index < -0.39 is 35.7 Å². The van der Waals surface area contributed by atoms with Gasteiger partial charge >= 0.3 is 6.03 Å². The molecule has 0 aliphatic carbocycles. The Kier molecular flexibility index (Phi) is 5.77. The summed E-state index contributed by atoms with van der Waals surface area (Å²) >= 11 is 6.04. The van der Waals surface area contributed by atoms with Gasteiger partial charge in [-0.3, -0.25) is 14.5 Å². The maximum atomic E-state index is 13.7. The highest BCUT2D eigenvalue weighted by Crippen LogP contribution is 2.30. The summed E-state index contributed by atoms with van der Waals surface area (Å²) in [6, 6.07) is 9.68. The molecule has 1 N–H and O–H groups in total. The second kappa shape index (κ2) is 8.38. The van der Waals surface area contributed by atoms with E-state index in [1.165, 1.54) is 13.0 Å². The van der Waals surface area contributed by atoms with Crippen LogP contribution in [0.15, 0.2) is 42.5 Å². The molecule has 2 fully saturated rings. The van der Waals surface area contributed by atoms with Crippen molar-refractivity contribution in [3.8, 4) is 0 Å². The number of nitrogens with one attached hydrogen (secondary N) is 1. The first kappa shape index (κ1) is 22.0. The van der Waals surface area contributed by atoms with Gasteiger partial charge in [-0.2, -0.15) is 0 Å². The van der Waals surface area contributed by atoms with Crippen LogP contribution in [0.1, 0.15) is 12.5 Å². The van der Waals surface area contributed by atoms with Crippen molar-refractivity contribution < 1.29 is 23.2 Å². The number of imide groups is 1. The Morgan fingerprint density at radius 1 is 1.06 bits per heavy atom. The number of benzene rings is 2. The lowest BCUT2D eigenvalue weighted by Crippen LogP contribution is -2.52. The van der Waals surface area contributed by atoms with Crippen LogP contribution >= 0.6 is 11.6 Å². The molecule has 4 rings (SSSR count). The minimum atomic E-state index is -1.59. The quantitative estimate of drug-likeness (QED) is 0.709. The summed E-state index contributed by atoms with van der Waals surface area (Å²) in [4.78, 5) is 42.7. The molecule has 2 saturated heterocycles. The highest BCUT2D eigenvalue weighted by Gasteiger charge is 2.50. The molecule has 0 saturated carbocycles. The largest absolute Gasteiger partial charge is 0.368 e. The van der Waals surface area contributed by atoms with E-state index in [1.54, 1.807) is 11.0 Å². The van der Waals surface area contributed by atoms with Crippen LogP contribution in [0.2, 0.25) is 5.02 Å². The number of carbonyl (C=O) groups is 3. The molecule has 2 aromatic carbocycles. The lowest BCUT2D eigenvalue weighted by Gasteiger charge is -2.36. The van der Waals surface area contributed by atoms with Crippen molar-refractivity contribution in [2.24, 2.45) is 0 Å². The van der Waals surface area contributed by atoms with Crippen molar-refractivity contribution in [3.05, 3.63) is 64.7 Å². The smallest absolute Gasteiger partial charge is 0.325 e. The topological polar surface area (TPSA) is 73.0 Å². The van der Waals surface area contributed by atoms with Crippen LogP contribution in [0.3, 0.4) is 0 Å². The van der Waals surface area contributed by atoms with Gasteiger partial charge in [0.25, 0.3) is 5.91 Å². The van der Waals surface area contributed by atoms with E-state index in [1.807, 2.05) is 18.2 Å². The van der Waals surface area contributed by atoms with Gasteiger partial charge in [-0.05, 0) is 42.8 Å². The number of piperazine rings is 1. The van der Waals surface area contributed by atoms with Gasteiger partial charge in [0.2, 0.25) is 5.91 Å². The third kappa shape index (κ3) is 4.00. The van der Waals surface area contributed by atoms with E-state index in [0.717, 1.165) is 22.7 Å². The van der Waals surface area contributed by atoms with Crippen LogP contribution in [0, 0.1) is 11.6 Å². The van der Waals surface area contributed by atoms with Crippen molar-refractivity contribution in [3.63, 3.8) is 0 Å². The van der Waals surface area contributed by atoms with Gasteiger partial charge in [-0.1, -0.05) is 23.7 Å². The normalized spacial score (nSPS) is 21.2. The van der Waals surface area contributed by atoms with Gasteiger partial charge < -0.3 is 15.1 Å². The first-order chi connectivity index (χ1) is 15.2. The zero-order valence-corrected chi connectivity index (χ0v) is 18.0. The van der Waals surface area contributed by atoms with E-state index in [4.69, 9.17) is 11.6 Å². The van der Waals surface area contributed by atoms with Crippen LogP contribution in [-0.4, -0.2) is 60.4 Å². The Hall–Kier alpha value is -3.20.